The van der Waals surface area contributed by atoms with Crippen LogP contribution in [0.25, 0.3) is 0 Å². The number of aliphatic hydroxyl groups is 1. The maximum absolute atomic E-state index is 11.7. The van der Waals surface area contributed by atoms with E-state index in [9.17, 15) is 9.90 Å². The Morgan fingerprint density at radius 1 is 1.33 bits per heavy atom. The SMILES string of the molecule is CC.CN1CCC(C)(NC(=O)CC(C)(C)O)CC1. The molecule has 0 unspecified atom stereocenters. The van der Waals surface area contributed by atoms with Crippen molar-refractivity contribution in [3.05, 3.63) is 0 Å². The molecular weight excluding hydrogens is 228 g/mol. The van der Waals surface area contributed by atoms with Gasteiger partial charge in [-0.25, -0.2) is 0 Å². The summed E-state index contributed by atoms with van der Waals surface area (Å²) in [5.41, 5.74) is -1.03. The predicted molar refractivity (Wildman–Crippen MR) is 75.5 cm³/mol. The number of carbonyl (C=O) groups excluding carboxylic acids is 1. The molecule has 1 fully saturated rings. The van der Waals surface area contributed by atoms with E-state index in [1.54, 1.807) is 13.8 Å². The van der Waals surface area contributed by atoms with Gasteiger partial charge in [-0.2, -0.15) is 0 Å². The molecule has 18 heavy (non-hydrogen) atoms. The van der Waals surface area contributed by atoms with Crippen LogP contribution in [0.1, 0.15) is 53.9 Å². The van der Waals surface area contributed by atoms with E-state index >= 15 is 0 Å². The lowest BCUT2D eigenvalue weighted by Crippen LogP contribution is -2.53. The molecule has 0 aromatic heterocycles. The van der Waals surface area contributed by atoms with Crippen LogP contribution in [0.5, 0.6) is 0 Å². The molecule has 1 aliphatic heterocycles. The third kappa shape index (κ3) is 6.97. The lowest BCUT2D eigenvalue weighted by atomic mass is 9.89. The highest BCUT2D eigenvalue weighted by atomic mass is 16.3. The molecule has 0 saturated carbocycles. The summed E-state index contributed by atoms with van der Waals surface area (Å²) in [7, 11) is 2.10. The molecule has 4 heteroatoms. The summed E-state index contributed by atoms with van der Waals surface area (Å²) in [6.07, 6.45) is 2.11. The maximum atomic E-state index is 11.7. The van der Waals surface area contributed by atoms with Gasteiger partial charge in [0.15, 0.2) is 0 Å². The number of likely N-dealkylation sites (tertiary alicyclic amines) is 1. The Morgan fingerprint density at radius 3 is 2.17 bits per heavy atom. The Bertz CT molecular complexity index is 251. The number of amides is 1. The van der Waals surface area contributed by atoms with Gasteiger partial charge in [-0.05, 0) is 40.7 Å². The van der Waals surface area contributed by atoms with Crippen molar-refractivity contribution in [3.8, 4) is 0 Å². The van der Waals surface area contributed by atoms with Crippen LogP contribution in [-0.2, 0) is 4.79 Å². The van der Waals surface area contributed by atoms with Crippen LogP contribution in [0, 0.1) is 0 Å². The number of hydrogen-bond acceptors (Lipinski definition) is 3. The van der Waals surface area contributed by atoms with Gasteiger partial charge in [-0.1, -0.05) is 13.8 Å². The van der Waals surface area contributed by atoms with Crippen molar-refractivity contribution in [1.82, 2.24) is 10.2 Å². The number of hydrogen-bond donors (Lipinski definition) is 2. The molecule has 1 saturated heterocycles. The largest absolute Gasteiger partial charge is 0.390 e. The number of rotatable bonds is 3. The van der Waals surface area contributed by atoms with Gasteiger partial charge in [0.25, 0.3) is 0 Å². The first-order chi connectivity index (χ1) is 8.20. The van der Waals surface area contributed by atoms with E-state index in [0.717, 1.165) is 25.9 Å². The Balaban J connectivity index is 0.00000137. The van der Waals surface area contributed by atoms with E-state index in [0.29, 0.717) is 0 Å². The summed E-state index contributed by atoms with van der Waals surface area (Å²) in [4.78, 5) is 14.0. The second kappa shape index (κ2) is 7.10. The molecule has 0 aromatic rings. The molecule has 4 nitrogen and oxygen atoms in total. The highest BCUT2D eigenvalue weighted by Crippen LogP contribution is 2.21. The van der Waals surface area contributed by atoms with Crippen LogP contribution in [0.15, 0.2) is 0 Å². The van der Waals surface area contributed by atoms with Crippen LogP contribution in [-0.4, -0.2) is 47.2 Å². The fourth-order valence-electron chi connectivity index (χ4n) is 2.01. The predicted octanol–water partition coefficient (Wildman–Crippen LogP) is 1.77. The number of nitrogens with one attached hydrogen (secondary N) is 1. The minimum Gasteiger partial charge on any atom is -0.390 e. The first kappa shape index (κ1) is 17.4. The Kier molecular flexibility index (Phi) is 6.86. The maximum Gasteiger partial charge on any atom is 0.223 e. The van der Waals surface area contributed by atoms with E-state index in [-0.39, 0.29) is 17.9 Å². The molecule has 0 radical (unpaired) electrons. The molecular formula is C14H30N2O2. The summed E-state index contributed by atoms with van der Waals surface area (Å²) >= 11 is 0. The van der Waals surface area contributed by atoms with Crippen molar-refractivity contribution in [2.24, 2.45) is 0 Å². The Morgan fingerprint density at radius 2 is 1.78 bits per heavy atom. The van der Waals surface area contributed by atoms with Crippen molar-refractivity contribution < 1.29 is 9.90 Å². The van der Waals surface area contributed by atoms with E-state index in [2.05, 4.69) is 24.2 Å². The minimum absolute atomic E-state index is 0.0560. The molecule has 1 heterocycles. The molecule has 0 aromatic carbocycles. The van der Waals surface area contributed by atoms with Gasteiger partial charge >= 0.3 is 0 Å². The fraction of sp³-hybridized carbons (Fsp3) is 0.929. The first-order valence-electron chi connectivity index (χ1n) is 6.92. The smallest absolute Gasteiger partial charge is 0.223 e. The molecule has 1 amide bonds. The molecule has 108 valence electrons. The average molecular weight is 258 g/mol. The zero-order chi connectivity index (χ0) is 14.4. The van der Waals surface area contributed by atoms with Gasteiger partial charge in [0, 0.05) is 18.6 Å². The van der Waals surface area contributed by atoms with Crippen LogP contribution < -0.4 is 5.32 Å². The second-order valence-corrected chi connectivity index (χ2v) is 5.90. The zero-order valence-corrected chi connectivity index (χ0v) is 12.8. The van der Waals surface area contributed by atoms with E-state index in [1.165, 1.54) is 0 Å². The lowest BCUT2D eigenvalue weighted by Gasteiger charge is -2.39. The molecule has 1 aliphatic rings. The summed E-state index contributed by atoms with van der Waals surface area (Å²) in [5.74, 6) is -0.0560. The minimum atomic E-state index is -0.925. The highest BCUT2D eigenvalue weighted by Gasteiger charge is 2.31. The normalized spacial score (nSPS) is 19.7. The second-order valence-electron chi connectivity index (χ2n) is 5.90. The van der Waals surface area contributed by atoms with Crippen LogP contribution in [0.4, 0.5) is 0 Å². The first-order valence-corrected chi connectivity index (χ1v) is 6.92. The topological polar surface area (TPSA) is 52.6 Å². The van der Waals surface area contributed by atoms with Crippen LogP contribution in [0.3, 0.4) is 0 Å². The van der Waals surface area contributed by atoms with Crippen molar-refractivity contribution in [1.29, 1.82) is 0 Å². The van der Waals surface area contributed by atoms with E-state index in [1.807, 2.05) is 13.8 Å². The number of carbonyl (C=O) groups is 1. The number of piperidine rings is 1. The summed E-state index contributed by atoms with van der Waals surface area (Å²) in [6, 6.07) is 0. The van der Waals surface area contributed by atoms with Gasteiger partial charge < -0.3 is 15.3 Å². The van der Waals surface area contributed by atoms with Crippen molar-refractivity contribution in [2.45, 2.75) is 65.0 Å². The molecule has 0 atom stereocenters. The highest BCUT2D eigenvalue weighted by molar-refractivity contribution is 5.77. The van der Waals surface area contributed by atoms with Crippen LogP contribution in [0.2, 0.25) is 0 Å². The summed E-state index contributed by atoms with van der Waals surface area (Å²) < 4.78 is 0. The molecule has 1 rings (SSSR count). The lowest BCUT2D eigenvalue weighted by molar-refractivity contribution is -0.127. The average Bonchev–Trinajstić information content (AvgIpc) is 2.23. The quantitative estimate of drug-likeness (QED) is 0.811. The van der Waals surface area contributed by atoms with Gasteiger partial charge in [0.1, 0.15) is 0 Å². The van der Waals surface area contributed by atoms with Crippen molar-refractivity contribution >= 4 is 5.91 Å². The van der Waals surface area contributed by atoms with Crippen LogP contribution >= 0.6 is 0 Å². The molecule has 0 bridgehead atoms. The Hall–Kier alpha value is -0.610. The zero-order valence-electron chi connectivity index (χ0n) is 12.8. The summed E-state index contributed by atoms with van der Waals surface area (Å²) in [5, 5.41) is 12.6. The van der Waals surface area contributed by atoms with Gasteiger partial charge in [-0.3, -0.25) is 4.79 Å². The van der Waals surface area contributed by atoms with E-state index < -0.39 is 5.60 Å². The monoisotopic (exact) mass is 258 g/mol. The van der Waals surface area contributed by atoms with Gasteiger partial charge in [-0.15, -0.1) is 0 Å². The third-order valence-electron chi connectivity index (χ3n) is 3.12. The van der Waals surface area contributed by atoms with Gasteiger partial charge in [0.2, 0.25) is 5.91 Å². The standard InChI is InChI=1S/C12H24N2O2.C2H6/c1-11(2,16)9-10(15)13-12(3)5-7-14(4)8-6-12;1-2/h16H,5-9H2,1-4H3,(H,13,15);1-2H3. The Labute approximate surface area is 112 Å². The van der Waals surface area contributed by atoms with Crippen molar-refractivity contribution in [3.63, 3.8) is 0 Å². The molecule has 2 N–H and O–H groups in total. The molecule has 0 aliphatic carbocycles. The molecule has 0 spiro atoms. The third-order valence-corrected chi connectivity index (χ3v) is 3.12. The van der Waals surface area contributed by atoms with Crippen molar-refractivity contribution in [2.75, 3.05) is 20.1 Å². The number of nitrogens with zero attached hydrogens (tertiary/aromatic N) is 1. The van der Waals surface area contributed by atoms with Gasteiger partial charge in [0.05, 0.1) is 12.0 Å². The fourth-order valence-corrected chi connectivity index (χ4v) is 2.01. The summed E-state index contributed by atoms with van der Waals surface area (Å²) in [6.45, 7) is 11.4. The van der Waals surface area contributed by atoms with E-state index in [4.69, 9.17) is 0 Å².